The molecule has 1 atom stereocenters. The first-order chi connectivity index (χ1) is 8.17. The van der Waals surface area contributed by atoms with E-state index < -0.39 is 5.97 Å². The molecular formula is C12H19NO3S. The van der Waals surface area contributed by atoms with E-state index in [1.54, 1.807) is 12.1 Å². The molecule has 0 aliphatic rings. The van der Waals surface area contributed by atoms with Gasteiger partial charge in [0.05, 0.1) is 13.7 Å². The quantitative estimate of drug-likeness (QED) is 0.759. The number of rotatable bonds is 7. The van der Waals surface area contributed by atoms with Gasteiger partial charge < -0.3 is 14.5 Å². The average Bonchev–Trinajstić information content (AvgIpc) is 2.77. The van der Waals surface area contributed by atoms with Crippen LogP contribution in [0.3, 0.4) is 0 Å². The van der Waals surface area contributed by atoms with E-state index in [1.165, 1.54) is 7.11 Å². The van der Waals surface area contributed by atoms with Crippen LogP contribution >= 0.6 is 11.8 Å². The molecule has 17 heavy (non-hydrogen) atoms. The molecule has 1 rings (SSSR count). The van der Waals surface area contributed by atoms with Gasteiger partial charge in [-0.3, -0.25) is 0 Å². The van der Waals surface area contributed by atoms with Gasteiger partial charge in [0.15, 0.2) is 0 Å². The molecule has 1 N–H and O–H groups in total. The lowest BCUT2D eigenvalue weighted by molar-refractivity contribution is 0.0563. The Morgan fingerprint density at radius 2 is 2.35 bits per heavy atom. The van der Waals surface area contributed by atoms with Gasteiger partial charge in [-0.15, -0.1) is 0 Å². The summed E-state index contributed by atoms with van der Waals surface area (Å²) in [4.78, 5) is 11.2. The molecule has 0 aliphatic carbocycles. The van der Waals surface area contributed by atoms with Crippen LogP contribution in [0.5, 0.6) is 0 Å². The summed E-state index contributed by atoms with van der Waals surface area (Å²) < 4.78 is 9.90. The number of hydrogen-bond donors (Lipinski definition) is 1. The van der Waals surface area contributed by atoms with Crippen molar-refractivity contribution in [3.63, 3.8) is 0 Å². The molecule has 1 aromatic heterocycles. The fraction of sp³-hybridized carbons (Fsp3) is 0.583. The first-order valence-electron chi connectivity index (χ1n) is 5.54. The third kappa shape index (κ3) is 4.83. The number of hydrogen-bond acceptors (Lipinski definition) is 5. The Labute approximate surface area is 106 Å². The number of esters is 1. The molecule has 5 heteroatoms. The maximum Gasteiger partial charge on any atom is 0.373 e. The molecule has 1 unspecified atom stereocenters. The number of carbonyl (C=O) groups excluding carboxylic acids is 1. The molecule has 0 aliphatic heterocycles. The molecule has 4 nitrogen and oxygen atoms in total. The molecule has 0 saturated carbocycles. The molecular weight excluding hydrogens is 238 g/mol. The molecule has 0 spiro atoms. The third-order valence-electron chi connectivity index (χ3n) is 2.29. The SMILES string of the molecule is COC(=O)c1ccc(CNCC(C)CSC)o1. The van der Waals surface area contributed by atoms with Crippen LogP contribution in [0, 0.1) is 5.92 Å². The van der Waals surface area contributed by atoms with E-state index in [4.69, 9.17) is 4.42 Å². The third-order valence-corrected chi connectivity index (χ3v) is 3.19. The average molecular weight is 257 g/mol. The molecule has 0 amide bonds. The van der Waals surface area contributed by atoms with Crippen molar-refractivity contribution in [1.82, 2.24) is 5.32 Å². The van der Waals surface area contributed by atoms with Crippen LogP contribution in [-0.4, -0.2) is 31.6 Å². The largest absolute Gasteiger partial charge is 0.463 e. The highest BCUT2D eigenvalue weighted by Crippen LogP contribution is 2.09. The second kappa shape index (κ2) is 7.40. The van der Waals surface area contributed by atoms with E-state index in [9.17, 15) is 4.79 Å². The van der Waals surface area contributed by atoms with E-state index >= 15 is 0 Å². The summed E-state index contributed by atoms with van der Waals surface area (Å²) in [5, 5.41) is 3.30. The minimum Gasteiger partial charge on any atom is -0.463 e. The Kier molecular flexibility index (Phi) is 6.15. The zero-order valence-corrected chi connectivity index (χ0v) is 11.3. The highest BCUT2D eigenvalue weighted by Gasteiger charge is 2.10. The molecule has 96 valence electrons. The maximum atomic E-state index is 11.2. The summed E-state index contributed by atoms with van der Waals surface area (Å²) in [6.45, 7) is 3.77. The van der Waals surface area contributed by atoms with Gasteiger partial charge in [0.1, 0.15) is 5.76 Å². The predicted molar refractivity (Wildman–Crippen MR) is 69.3 cm³/mol. The Morgan fingerprint density at radius 3 is 3.00 bits per heavy atom. The summed E-state index contributed by atoms with van der Waals surface area (Å²) in [5.41, 5.74) is 0. The number of furan rings is 1. The zero-order valence-electron chi connectivity index (χ0n) is 10.5. The van der Waals surface area contributed by atoms with Crippen molar-refractivity contribution in [2.75, 3.05) is 25.7 Å². The van der Waals surface area contributed by atoms with Crippen molar-refractivity contribution in [2.24, 2.45) is 5.92 Å². The fourth-order valence-corrected chi connectivity index (χ4v) is 2.16. The Hall–Kier alpha value is -0.940. The number of carbonyl (C=O) groups is 1. The van der Waals surface area contributed by atoms with Crippen molar-refractivity contribution >= 4 is 17.7 Å². The highest BCUT2D eigenvalue weighted by molar-refractivity contribution is 7.98. The minimum absolute atomic E-state index is 0.251. The van der Waals surface area contributed by atoms with Crippen LogP contribution < -0.4 is 5.32 Å². The van der Waals surface area contributed by atoms with Gasteiger partial charge in [0.25, 0.3) is 0 Å². The smallest absolute Gasteiger partial charge is 0.373 e. The van der Waals surface area contributed by atoms with Crippen molar-refractivity contribution in [1.29, 1.82) is 0 Å². The van der Waals surface area contributed by atoms with E-state index in [2.05, 4.69) is 23.2 Å². The van der Waals surface area contributed by atoms with E-state index in [-0.39, 0.29) is 5.76 Å². The lowest BCUT2D eigenvalue weighted by Crippen LogP contribution is -2.21. The number of methoxy groups -OCH3 is 1. The summed E-state index contributed by atoms with van der Waals surface area (Å²) in [6, 6.07) is 3.42. The molecule has 1 aromatic rings. The lowest BCUT2D eigenvalue weighted by atomic mass is 10.2. The summed E-state index contributed by atoms with van der Waals surface area (Å²) >= 11 is 1.84. The van der Waals surface area contributed by atoms with Crippen LogP contribution in [0.15, 0.2) is 16.5 Å². The standard InChI is InChI=1S/C12H19NO3S/c1-9(8-17-3)6-13-7-10-4-5-11(16-10)12(14)15-2/h4-5,9,13H,6-8H2,1-3H3. The number of thioether (sulfide) groups is 1. The van der Waals surface area contributed by atoms with Gasteiger partial charge in [-0.1, -0.05) is 6.92 Å². The summed E-state index contributed by atoms with van der Waals surface area (Å²) in [7, 11) is 1.34. The van der Waals surface area contributed by atoms with E-state index in [1.807, 2.05) is 11.8 Å². The molecule has 0 fully saturated rings. The topological polar surface area (TPSA) is 51.5 Å². The van der Waals surface area contributed by atoms with Gasteiger partial charge in [-0.05, 0) is 36.6 Å². The normalized spacial score (nSPS) is 12.4. The van der Waals surface area contributed by atoms with Gasteiger partial charge in [-0.25, -0.2) is 4.79 Å². The Morgan fingerprint density at radius 1 is 1.59 bits per heavy atom. The summed E-state index contributed by atoms with van der Waals surface area (Å²) in [5.74, 6) is 2.33. The molecule has 0 bridgehead atoms. The monoisotopic (exact) mass is 257 g/mol. The van der Waals surface area contributed by atoms with Crippen molar-refractivity contribution in [3.05, 3.63) is 23.7 Å². The first-order valence-corrected chi connectivity index (χ1v) is 6.93. The zero-order chi connectivity index (χ0) is 12.7. The van der Waals surface area contributed by atoms with Gasteiger partial charge in [0.2, 0.25) is 5.76 Å². The van der Waals surface area contributed by atoms with E-state index in [0.717, 1.165) is 18.1 Å². The second-order valence-corrected chi connectivity index (χ2v) is 4.86. The summed E-state index contributed by atoms with van der Waals surface area (Å²) in [6.07, 6.45) is 2.10. The second-order valence-electron chi connectivity index (χ2n) is 3.95. The number of nitrogens with one attached hydrogen (secondary N) is 1. The minimum atomic E-state index is -0.438. The first kappa shape index (κ1) is 14.1. The van der Waals surface area contributed by atoms with Crippen molar-refractivity contribution in [3.8, 4) is 0 Å². The Bertz CT molecular complexity index is 351. The van der Waals surface area contributed by atoms with Gasteiger partial charge in [0, 0.05) is 0 Å². The fourth-order valence-electron chi connectivity index (χ4n) is 1.47. The molecule has 1 heterocycles. The Balaban J connectivity index is 2.32. The van der Waals surface area contributed by atoms with Crippen molar-refractivity contribution < 1.29 is 13.9 Å². The number of ether oxygens (including phenoxy) is 1. The predicted octanol–water partition coefficient (Wildman–Crippen LogP) is 2.15. The van der Waals surface area contributed by atoms with Crippen LogP contribution in [-0.2, 0) is 11.3 Å². The molecule has 0 aromatic carbocycles. The van der Waals surface area contributed by atoms with Crippen LogP contribution in [0.1, 0.15) is 23.2 Å². The van der Waals surface area contributed by atoms with Gasteiger partial charge in [-0.2, -0.15) is 11.8 Å². The highest BCUT2D eigenvalue weighted by atomic mass is 32.2. The van der Waals surface area contributed by atoms with E-state index in [0.29, 0.717) is 12.5 Å². The lowest BCUT2D eigenvalue weighted by Gasteiger charge is -2.09. The maximum absolute atomic E-state index is 11.2. The van der Waals surface area contributed by atoms with Gasteiger partial charge >= 0.3 is 5.97 Å². The van der Waals surface area contributed by atoms with Crippen LogP contribution in [0.2, 0.25) is 0 Å². The molecule has 0 saturated heterocycles. The molecule has 0 radical (unpaired) electrons. The van der Waals surface area contributed by atoms with Crippen LogP contribution in [0.25, 0.3) is 0 Å². The van der Waals surface area contributed by atoms with Crippen LogP contribution in [0.4, 0.5) is 0 Å². The van der Waals surface area contributed by atoms with Crippen molar-refractivity contribution in [2.45, 2.75) is 13.5 Å².